The summed E-state index contributed by atoms with van der Waals surface area (Å²) in [4.78, 5) is 19.5. The molecule has 1 aromatic carbocycles. The SMILES string of the molecule is CC(C)c1ccc(C(=O)Nc2cc(N3CCCCC3)n3nccc3n2)cc1. The van der Waals surface area contributed by atoms with Crippen LogP contribution in [0.2, 0.25) is 0 Å². The zero-order valence-electron chi connectivity index (χ0n) is 15.9. The van der Waals surface area contributed by atoms with Gasteiger partial charge in [0, 0.05) is 30.8 Å². The number of hydrogen-bond donors (Lipinski definition) is 1. The molecule has 0 bridgehead atoms. The minimum Gasteiger partial charge on any atom is -0.356 e. The number of nitrogens with one attached hydrogen (secondary N) is 1. The highest BCUT2D eigenvalue weighted by atomic mass is 16.1. The molecule has 1 fully saturated rings. The Bertz CT molecular complexity index is 939. The van der Waals surface area contributed by atoms with Gasteiger partial charge in [-0.2, -0.15) is 9.61 Å². The van der Waals surface area contributed by atoms with Crippen LogP contribution in [0.25, 0.3) is 5.65 Å². The van der Waals surface area contributed by atoms with Crippen molar-refractivity contribution in [3.8, 4) is 0 Å². The van der Waals surface area contributed by atoms with E-state index in [4.69, 9.17) is 0 Å². The van der Waals surface area contributed by atoms with Crippen LogP contribution in [-0.4, -0.2) is 33.6 Å². The van der Waals surface area contributed by atoms with Gasteiger partial charge in [-0.15, -0.1) is 0 Å². The Labute approximate surface area is 159 Å². The summed E-state index contributed by atoms with van der Waals surface area (Å²) in [5.41, 5.74) is 2.59. The molecule has 140 valence electrons. The van der Waals surface area contributed by atoms with Gasteiger partial charge < -0.3 is 10.2 Å². The molecule has 0 spiro atoms. The Morgan fingerprint density at radius 1 is 1.07 bits per heavy atom. The van der Waals surface area contributed by atoms with Crippen molar-refractivity contribution in [2.75, 3.05) is 23.3 Å². The Morgan fingerprint density at radius 2 is 1.81 bits per heavy atom. The number of aromatic nitrogens is 3. The van der Waals surface area contributed by atoms with Gasteiger partial charge in [0.15, 0.2) is 5.65 Å². The number of nitrogens with zero attached hydrogens (tertiary/aromatic N) is 4. The van der Waals surface area contributed by atoms with Gasteiger partial charge in [0.05, 0.1) is 6.20 Å². The molecule has 4 rings (SSSR count). The molecule has 2 aromatic heterocycles. The standard InChI is InChI=1S/C21H25N5O/c1-15(2)16-6-8-17(9-7-16)21(27)24-18-14-20(25-12-4-3-5-13-25)26-19(23-18)10-11-22-26/h6-11,14-15H,3-5,12-13H2,1-2H3,(H,23,24,27). The molecule has 6 heteroatoms. The lowest BCUT2D eigenvalue weighted by atomic mass is 10.0. The van der Waals surface area contributed by atoms with Crippen molar-refractivity contribution in [3.63, 3.8) is 0 Å². The second-order valence-electron chi connectivity index (χ2n) is 7.38. The highest BCUT2D eigenvalue weighted by Gasteiger charge is 2.17. The third-order valence-electron chi connectivity index (χ3n) is 5.10. The van der Waals surface area contributed by atoms with E-state index in [1.165, 1.54) is 24.8 Å². The third-order valence-corrected chi connectivity index (χ3v) is 5.10. The summed E-state index contributed by atoms with van der Waals surface area (Å²) in [5.74, 6) is 1.84. The predicted molar refractivity (Wildman–Crippen MR) is 108 cm³/mol. The van der Waals surface area contributed by atoms with E-state index in [1.807, 2.05) is 40.9 Å². The molecular formula is C21H25N5O. The summed E-state index contributed by atoms with van der Waals surface area (Å²) < 4.78 is 1.85. The van der Waals surface area contributed by atoms with Crippen LogP contribution in [-0.2, 0) is 0 Å². The number of carbonyl (C=O) groups is 1. The maximum atomic E-state index is 12.7. The Kier molecular flexibility index (Phi) is 4.79. The molecule has 1 aliphatic heterocycles. The van der Waals surface area contributed by atoms with Crippen LogP contribution in [0.15, 0.2) is 42.6 Å². The highest BCUT2D eigenvalue weighted by Crippen LogP contribution is 2.24. The summed E-state index contributed by atoms with van der Waals surface area (Å²) in [5, 5.41) is 7.35. The van der Waals surface area contributed by atoms with Gasteiger partial charge in [-0.05, 0) is 42.9 Å². The van der Waals surface area contributed by atoms with Crippen molar-refractivity contribution in [3.05, 3.63) is 53.7 Å². The van der Waals surface area contributed by atoms with E-state index in [2.05, 4.69) is 34.1 Å². The number of hydrogen-bond acceptors (Lipinski definition) is 4. The molecule has 1 aliphatic rings. The Hall–Kier alpha value is -2.89. The fraction of sp³-hybridized carbons (Fsp3) is 0.381. The molecule has 0 aliphatic carbocycles. The second kappa shape index (κ2) is 7.39. The first-order valence-corrected chi connectivity index (χ1v) is 9.63. The lowest BCUT2D eigenvalue weighted by molar-refractivity contribution is 0.102. The Balaban J connectivity index is 1.60. The molecule has 3 aromatic rings. The minimum absolute atomic E-state index is 0.147. The minimum atomic E-state index is -0.147. The molecule has 1 amide bonds. The van der Waals surface area contributed by atoms with Crippen molar-refractivity contribution >= 4 is 23.2 Å². The first kappa shape index (κ1) is 17.5. The summed E-state index contributed by atoms with van der Waals surface area (Å²) in [6.07, 6.45) is 5.36. The molecule has 0 unspecified atom stereocenters. The van der Waals surface area contributed by atoms with E-state index < -0.39 is 0 Å². The van der Waals surface area contributed by atoms with Gasteiger partial charge in [-0.3, -0.25) is 4.79 Å². The van der Waals surface area contributed by atoms with Crippen LogP contribution in [0.1, 0.15) is 54.9 Å². The van der Waals surface area contributed by atoms with Crippen LogP contribution < -0.4 is 10.2 Å². The molecule has 1 saturated heterocycles. The summed E-state index contributed by atoms with van der Waals surface area (Å²) in [6, 6.07) is 11.5. The van der Waals surface area contributed by atoms with Gasteiger partial charge >= 0.3 is 0 Å². The maximum absolute atomic E-state index is 12.7. The van der Waals surface area contributed by atoms with Crippen LogP contribution in [0.5, 0.6) is 0 Å². The molecule has 0 saturated carbocycles. The van der Waals surface area contributed by atoms with Crippen LogP contribution in [0, 0.1) is 0 Å². The van der Waals surface area contributed by atoms with Gasteiger partial charge in [0.1, 0.15) is 11.6 Å². The van der Waals surface area contributed by atoms with Crippen molar-refractivity contribution in [2.45, 2.75) is 39.0 Å². The normalized spacial score (nSPS) is 14.7. The summed E-state index contributed by atoms with van der Waals surface area (Å²) in [7, 11) is 0. The molecule has 27 heavy (non-hydrogen) atoms. The summed E-state index contributed by atoms with van der Waals surface area (Å²) in [6.45, 7) is 6.29. The van der Waals surface area contributed by atoms with E-state index in [9.17, 15) is 4.79 Å². The third kappa shape index (κ3) is 3.65. The number of benzene rings is 1. The first-order valence-electron chi connectivity index (χ1n) is 9.63. The van der Waals surface area contributed by atoms with Crippen LogP contribution in [0.4, 0.5) is 11.6 Å². The number of anilines is 2. The number of fused-ring (bicyclic) bond motifs is 1. The van der Waals surface area contributed by atoms with Crippen molar-refractivity contribution < 1.29 is 4.79 Å². The summed E-state index contributed by atoms with van der Waals surface area (Å²) >= 11 is 0. The fourth-order valence-electron chi connectivity index (χ4n) is 3.52. The molecule has 3 heterocycles. The lowest BCUT2D eigenvalue weighted by Crippen LogP contribution is -2.31. The van der Waals surface area contributed by atoms with E-state index in [0.717, 1.165) is 24.6 Å². The van der Waals surface area contributed by atoms with Crippen molar-refractivity contribution in [2.24, 2.45) is 0 Å². The zero-order valence-corrected chi connectivity index (χ0v) is 15.9. The molecule has 1 N–H and O–H groups in total. The van der Waals surface area contributed by atoms with Crippen molar-refractivity contribution in [1.82, 2.24) is 14.6 Å². The maximum Gasteiger partial charge on any atom is 0.256 e. The van der Waals surface area contributed by atoms with Gasteiger partial charge in [0.2, 0.25) is 0 Å². The molecular weight excluding hydrogens is 338 g/mol. The monoisotopic (exact) mass is 363 g/mol. The quantitative estimate of drug-likeness (QED) is 0.758. The number of amides is 1. The van der Waals surface area contributed by atoms with E-state index in [1.54, 1.807) is 6.20 Å². The lowest BCUT2D eigenvalue weighted by Gasteiger charge is -2.29. The first-order chi connectivity index (χ1) is 13.1. The average molecular weight is 363 g/mol. The average Bonchev–Trinajstić information content (AvgIpc) is 3.16. The smallest absolute Gasteiger partial charge is 0.256 e. The van der Waals surface area contributed by atoms with Gasteiger partial charge in [-0.1, -0.05) is 26.0 Å². The number of carbonyl (C=O) groups excluding carboxylic acids is 1. The highest BCUT2D eigenvalue weighted by molar-refractivity contribution is 6.04. The van der Waals surface area contributed by atoms with Crippen molar-refractivity contribution in [1.29, 1.82) is 0 Å². The van der Waals surface area contributed by atoms with Gasteiger partial charge in [-0.25, -0.2) is 4.98 Å². The predicted octanol–water partition coefficient (Wildman–Crippen LogP) is 4.10. The number of rotatable bonds is 4. The zero-order chi connectivity index (χ0) is 18.8. The largest absolute Gasteiger partial charge is 0.356 e. The van der Waals surface area contributed by atoms with E-state index in [0.29, 0.717) is 17.3 Å². The molecule has 0 atom stereocenters. The Morgan fingerprint density at radius 3 is 2.52 bits per heavy atom. The van der Waals surface area contributed by atoms with E-state index in [-0.39, 0.29) is 5.91 Å². The van der Waals surface area contributed by atoms with Gasteiger partial charge in [0.25, 0.3) is 5.91 Å². The van der Waals surface area contributed by atoms with Crippen LogP contribution in [0.3, 0.4) is 0 Å². The molecule has 6 nitrogen and oxygen atoms in total. The second-order valence-corrected chi connectivity index (χ2v) is 7.38. The van der Waals surface area contributed by atoms with E-state index >= 15 is 0 Å². The van der Waals surface area contributed by atoms with Crippen LogP contribution >= 0.6 is 0 Å². The number of piperidine rings is 1. The topological polar surface area (TPSA) is 62.5 Å². The molecule has 0 radical (unpaired) electrons. The fourth-order valence-corrected chi connectivity index (χ4v) is 3.52.